The molecule has 0 aromatic heterocycles. The highest BCUT2D eigenvalue weighted by Crippen LogP contribution is 2.22. The molecule has 0 saturated carbocycles. The van der Waals surface area contributed by atoms with Crippen LogP contribution in [0, 0.1) is 0 Å². The summed E-state index contributed by atoms with van der Waals surface area (Å²) in [6.07, 6.45) is 6.14. The molecule has 3 rings (SSSR count). The first-order valence-electron chi connectivity index (χ1n) is 8.72. The lowest BCUT2D eigenvalue weighted by atomic mass is 10.1. The molecular weight excluding hydrogens is 304 g/mol. The van der Waals surface area contributed by atoms with Crippen molar-refractivity contribution in [2.45, 2.75) is 52.1 Å². The fraction of sp³-hybridized carbons (Fsp3) is 0.500. The second-order valence-corrected chi connectivity index (χ2v) is 6.25. The van der Waals surface area contributed by atoms with Crippen LogP contribution in [0.4, 0.5) is 0 Å². The molecule has 1 aromatic carbocycles. The van der Waals surface area contributed by atoms with Gasteiger partial charge in [-0.05, 0) is 24.0 Å². The third kappa shape index (κ3) is 4.19. The molecule has 1 aromatic rings. The summed E-state index contributed by atoms with van der Waals surface area (Å²) in [5, 5.41) is 0. The Kier molecular flexibility index (Phi) is 5.94. The summed E-state index contributed by atoms with van der Waals surface area (Å²) < 4.78 is 22.2. The van der Waals surface area contributed by atoms with E-state index in [-0.39, 0.29) is 12.2 Å². The zero-order chi connectivity index (χ0) is 16.8. The maximum Gasteiger partial charge on any atom is 0.124 e. The van der Waals surface area contributed by atoms with Gasteiger partial charge in [0.1, 0.15) is 12.2 Å². The highest BCUT2D eigenvalue weighted by Gasteiger charge is 2.21. The largest absolute Gasteiger partial charge is 0.493 e. The molecule has 2 atom stereocenters. The molecule has 0 bridgehead atoms. The lowest BCUT2D eigenvalue weighted by Gasteiger charge is -2.26. The Labute approximate surface area is 144 Å². The van der Waals surface area contributed by atoms with Crippen LogP contribution in [0.3, 0.4) is 0 Å². The van der Waals surface area contributed by atoms with Crippen molar-refractivity contribution in [1.82, 2.24) is 0 Å². The van der Waals surface area contributed by atoms with Gasteiger partial charge in [-0.25, -0.2) is 0 Å². The van der Waals surface area contributed by atoms with Crippen molar-refractivity contribution >= 4 is 0 Å². The molecule has 2 aliphatic rings. The number of ether oxygens (including phenoxy) is 4. The van der Waals surface area contributed by atoms with Crippen LogP contribution in [-0.4, -0.2) is 25.4 Å². The van der Waals surface area contributed by atoms with E-state index in [2.05, 4.69) is 38.1 Å². The third-order valence-corrected chi connectivity index (χ3v) is 4.43. The van der Waals surface area contributed by atoms with Crippen molar-refractivity contribution in [1.29, 1.82) is 0 Å². The molecule has 24 heavy (non-hydrogen) atoms. The molecule has 2 unspecified atom stereocenters. The normalized spacial score (nSPS) is 21.8. The van der Waals surface area contributed by atoms with Crippen molar-refractivity contribution in [3.8, 4) is 0 Å². The number of hydrogen-bond donors (Lipinski definition) is 0. The monoisotopic (exact) mass is 330 g/mol. The zero-order valence-corrected chi connectivity index (χ0v) is 14.5. The standard InChI is InChI=1S/C20H26O4/c1-3-19-17(13-23-19)11-21-9-15-5-7-16(8-6-15)10-22-12-18-14-24-20(18)4-2/h5-8,13-14,19-20H,3-4,9-12H2,1-2H3. The average Bonchev–Trinajstić information content (AvgIpc) is 2.55. The van der Waals surface area contributed by atoms with Gasteiger partial charge in [0.15, 0.2) is 0 Å². The Balaban J connectivity index is 1.34. The third-order valence-electron chi connectivity index (χ3n) is 4.43. The molecule has 0 spiro atoms. The second-order valence-electron chi connectivity index (χ2n) is 6.25. The highest BCUT2D eigenvalue weighted by molar-refractivity contribution is 5.22. The van der Waals surface area contributed by atoms with Gasteiger partial charge in [-0.3, -0.25) is 0 Å². The van der Waals surface area contributed by atoms with E-state index < -0.39 is 0 Å². The zero-order valence-electron chi connectivity index (χ0n) is 14.5. The fourth-order valence-electron chi connectivity index (χ4n) is 2.80. The lowest BCUT2D eigenvalue weighted by molar-refractivity contribution is 0.0658. The van der Waals surface area contributed by atoms with Crippen LogP contribution in [0.25, 0.3) is 0 Å². The van der Waals surface area contributed by atoms with E-state index in [0.29, 0.717) is 26.4 Å². The summed E-state index contributed by atoms with van der Waals surface area (Å²) in [4.78, 5) is 0. The molecule has 4 heteroatoms. The predicted molar refractivity (Wildman–Crippen MR) is 92.2 cm³/mol. The first-order valence-corrected chi connectivity index (χ1v) is 8.72. The second kappa shape index (κ2) is 8.36. The van der Waals surface area contributed by atoms with Gasteiger partial charge in [0.25, 0.3) is 0 Å². The minimum Gasteiger partial charge on any atom is -0.493 e. The molecule has 0 saturated heterocycles. The van der Waals surface area contributed by atoms with Gasteiger partial charge >= 0.3 is 0 Å². The quantitative estimate of drug-likeness (QED) is 0.647. The molecule has 0 fully saturated rings. The van der Waals surface area contributed by atoms with Crippen molar-refractivity contribution in [2.24, 2.45) is 0 Å². The topological polar surface area (TPSA) is 36.9 Å². The molecule has 130 valence electrons. The van der Waals surface area contributed by atoms with Crippen LogP contribution in [0.5, 0.6) is 0 Å². The summed E-state index contributed by atoms with van der Waals surface area (Å²) in [5.41, 5.74) is 4.85. The van der Waals surface area contributed by atoms with E-state index in [4.69, 9.17) is 18.9 Å². The number of hydrogen-bond acceptors (Lipinski definition) is 4. The molecule has 2 heterocycles. The van der Waals surface area contributed by atoms with Crippen molar-refractivity contribution < 1.29 is 18.9 Å². The van der Waals surface area contributed by atoms with E-state index in [9.17, 15) is 0 Å². The number of benzene rings is 1. The van der Waals surface area contributed by atoms with Crippen molar-refractivity contribution in [2.75, 3.05) is 13.2 Å². The van der Waals surface area contributed by atoms with E-state index >= 15 is 0 Å². The maximum atomic E-state index is 5.75. The fourth-order valence-corrected chi connectivity index (χ4v) is 2.80. The first kappa shape index (κ1) is 17.1. The molecule has 0 N–H and O–H groups in total. The smallest absolute Gasteiger partial charge is 0.124 e. The van der Waals surface area contributed by atoms with Gasteiger partial charge < -0.3 is 18.9 Å². The number of rotatable bonds is 10. The van der Waals surface area contributed by atoms with Crippen LogP contribution in [-0.2, 0) is 32.2 Å². The summed E-state index contributed by atoms with van der Waals surface area (Å²) in [6, 6.07) is 8.40. The van der Waals surface area contributed by atoms with Crippen LogP contribution >= 0.6 is 0 Å². The molecule has 2 aliphatic heterocycles. The van der Waals surface area contributed by atoms with Gasteiger partial charge in [0, 0.05) is 11.1 Å². The molecule has 0 aliphatic carbocycles. The van der Waals surface area contributed by atoms with Gasteiger partial charge in [-0.15, -0.1) is 0 Å². The minimum atomic E-state index is 0.257. The molecule has 0 radical (unpaired) electrons. The summed E-state index contributed by atoms with van der Waals surface area (Å²) in [5.74, 6) is 0. The molecular formula is C20H26O4. The Hall–Kier alpha value is -1.78. The van der Waals surface area contributed by atoms with Gasteiger partial charge in [-0.2, -0.15) is 0 Å². The van der Waals surface area contributed by atoms with E-state index in [0.717, 1.165) is 12.8 Å². The van der Waals surface area contributed by atoms with Crippen LogP contribution < -0.4 is 0 Å². The highest BCUT2D eigenvalue weighted by atomic mass is 16.5. The first-order chi connectivity index (χ1) is 11.8. The Bertz CT molecular complexity index is 535. The van der Waals surface area contributed by atoms with Gasteiger partial charge in [0.05, 0.1) is 39.0 Å². The van der Waals surface area contributed by atoms with E-state index in [1.165, 1.54) is 22.3 Å². The minimum absolute atomic E-state index is 0.257. The van der Waals surface area contributed by atoms with E-state index in [1.54, 1.807) is 12.5 Å². The predicted octanol–water partition coefficient (Wildman–Crippen LogP) is 4.11. The molecule has 0 amide bonds. The summed E-state index contributed by atoms with van der Waals surface area (Å²) >= 11 is 0. The van der Waals surface area contributed by atoms with Crippen LogP contribution in [0.1, 0.15) is 37.8 Å². The summed E-state index contributed by atoms with van der Waals surface area (Å²) in [6.45, 7) is 6.79. The Morgan fingerprint density at radius 2 is 1.12 bits per heavy atom. The van der Waals surface area contributed by atoms with Gasteiger partial charge in [-0.1, -0.05) is 38.1 Å². The van der Waals surface area contributed by atoms with Crippen molar-refractivity contribution in [3.63, 3.8) is 0 Å². The SMILES string of the molecule is CCC1OC=C1COCc1ccc(COCC2=COC2CC)cc1. The van der Waals surface area contributed by atoms with Gasteiger partial charge in [0.2, 0.25) is 0 Å². The van der Waals surface area contributed by atoms with E-state index in [1.807, 2.05) is 0 Å². The molecule has 4 nitrogen and oxygen atoms in total. The van der Waals surface area contributed by atoms with Crippen LogP contribution in [0.2, 0.25) is 0 Å². The van der Waals surface area contributed by atoms with Crippen molar-refractivity contribution in [3.05, 3.63) is 59.1 Å². The average molecular weight is 330 g/mol. The Morgan fingerprint density at radius 3 is 1.42 bits per heavy atom. The summed E-state index contributed by atoms with van der Waals surface area (Å²) in [7, 11) is 0. The van der Waals surface area contributed by atoms with Crippen LogP contribution in [0.15, 0.2) is 47.9 Å². The maximum absolute atomic E-state index is 5.75. The Morgan fingerprint density at radius 1 is 0.708 bits per heavy atom. The lowest BCUT2D eigenvalue weighted by Crippen LogP contribution is -2.24.